The summed E-state index contributed by atoms with van der Waals surface area (Å²) in [5.74, 6) is -0.579. The first-order valence-electron chi connectivity index (χ1n) is 10.6. The van der Waals surface area contributed by atoms with Crippen molar-refractivity contribution in [2.75, 3.05) is 6.54 Å². The molecule has 12 heteroatoms. The molecule has 7 nitrogen and oxygen atoms in total. The normalized spacial score (nSPS) is 14.9. The van der Waals surface area contributed by atoms with Crippen LogP contribution in [-0.4, -0.2) is 30.8 Å². The number of carbonyl (C=O) groups is 1. The van der Waals surface area contributed by atoms with E-state index in [1.165, 1.54) is 24.3 Å². The Morgan fingerprint density at radius 2 is 1.86 bits per heavy atom. The van der Waals surface area contributed by atoms with Gasteiger partial charge in [0, 0.05) is 20.6 Å². The van der Waals surface area contributed by atoms with Crippen LogP contribution in [0.3, 0.4) is 0 Å². The number of sulfonamides is 1. The molecular weight excluding hydrogens is 538 g/mol. The molecule has 0 spiro atoms. The highest BCUT2D eigenvalue weighted by Crippen LogP contribution is 2.34. The summed E-state index contributed by atoms with van der Waals surface area (Å²) in [5, 5.41) is 7.86. The van der Waals surface area contributed by atoms with Crippen LogP contribution < -0.4 is 10.0 Å². The number of hydrogen-bond donors (Lipinski definition) is 2. The molecule has 4 rings (SSSR count). The van der Waals surface area contributed by atoms with Crippen LogP contribution in [0.5, 0.6) is 0 Å². The number of nitrogens with one attached hydrogen (secondary N) is 2. The van der Waals surface area contributed by atoms with Crippen LogP contribution >= 0.6 is 34.8 Å². The Bertz CT molecular complexity index is 1420. The van der Waals surface area contributed by atoms with Crippen molar-refractivity contribution < 1.29 is 17.6 Å². The molecule has 1 aliphatic carbocycles. The van der Waals surface area contributed by atoms with Gasteiger partial charge in [0.15, 0.2) is 0 Å². The van der Waals surface area contributed by atoms with Crippen LogP contribution in [-0.2, 0) is 23.0 Å². The molecule has 35 heavy (non-hydrogen) atoms. The van der Waals surface area contributed by atoms with E-state index in [0.29, 0.717) is 34.3 Å². The summed E-state index contributed by atoms with van der Waals surface area (Å²) in [6.07, 6.45) is 3.61. The maximum atomic E-state index is 15.3. The molecule has 3 aromatic rings. The van der Waals surface area contributed by atoms with Gasteiger partial charge in [-0.05, 0) is 60.7 Å². The van der Waals surface area contributed by atoms with Gasteiger partial charge in [-0.2, -0.15) is 5.10 Å². The van der Waals surface area contributed by atoms with Crippen LogP contribution in [0.1, 0.15) is 29.7 Å². The van der Waals surface area contributed by atoms with Crippen LogP contribution in [0.2, 0.25) is 15.1 Å². The quantitative estimate of drug-likeness (QED) is 0.413. The van der Waals surface area contributed by atoms with Gasteiger partial charge in [-0.25, -0.2) is 22.3 Å². The predicted molar refractivity (Wildman–Crippen MR) is 134 cm³/mol. The molecule has 0 bridgehead atoms. The first kappa shape index (κ1) is 25.5. The summed E-state index contributed by atoms with van der Waals surface area (Å²) in [6.45, 7) is -0.174. The standard InChI is InChI=1S/C23H20Cl3FN4O3S/c24-16-4-2-5-18(9-16)35(33,34)30-23(32)28-12-21(27)19-6-1-3-14-11-29-31(22(14)19)13-15-7-8-17(25)10-20(15)26/h2,4-5,7-11H,1,3,6,12-13H2,(H2,28,30,32)/b21-19-. The van der Waals surface area contributed by atoms with Crippen LogP contribution in [0.15, 0.2) is 59.4 Å². The molecule has 2 aromatic carbocycles. The number of benzene rings is 2. The smallest absolute Gasteiger partial charge is 0.329 e. The fourth-order valence-electron chi connectivity index (χ4n) is 3.84. The van der Waals surface area contributed by atoms with Crippen molar-refractivity contribution >= 4 is 56.4 Å². The molecule has 0 fully saturated rings. The Labute approximate surface area is 216 Å². The topological polar surface area (TPSA) is 93.1 Å². The zero-order chi connectivity index (χ0) is 25.2. The van der Waals surface area contributed by atoms with Crippen molar-refractivity contribution in [3.8, 4) is 0 Å². The molecule has 0 aliphatic heterocycles. The van der Waals surface area contributed by atoms with Gasteiger partial charge in [-0.1, -0.05) is 46.9 Å². The maximum Gasteiger partial charge on any atom is 0.329 e. The zero-order valence-corrected chi connectivity index (χ0v) is 21.3. The number of halogens is 4. The molecule has 2 N–H and O–H groups in total. The molecule has 0 saturated heterocycles. The fraction of sp³-hybridized carbons (Fsp3) is 0.217. The molecular formula is C23H20Cl3FN4O3S. The number of urea groups is 1. The number of aryl methyl sites for hydroxylation is 1. The van der Waals surface area contributed by atoms with Gasteiger partial charge >= 0.3 is 6.03 Å². The number of fused-ring (bicyclic) bond motifs is 1. The highest BCUT2D eigenvalue weighted by Gasteiger charge is 2.24. The van der Waals surface area contributed by atoms with E-state index in [1.807, 2.05) is 4.72 Å². The fourth-order valence-corrected chi connectivity index (χ4v) is 5.54. The molecule has 1 aliphatic rings. The molecule has 184 valence electrons. The second-order valence-electron chi connectivity index (χ2n) is 7.89. The summed E-state index contributed by atoms with van der Waals surface area (Å²) < 4.78 is 43.5. The molecule has 1 aromatic heterocycles. The van der Waals surface area contributed by atoms with Crippen molar-refractivity contribution in [1.29, 1.82) is 0 Å². The molecule has 1 heterocycles. The number of allylic oxidation sites excluding steroid dienone is 1. The number of nitrogens with zero attached hydrogens (tertiary/aromatic N) is 2. The van der Waals surface area contributed by atoms with Gasteiger partial charge in [-0.15, -0.1) is 0 Å². The average Bonchev–Trinajstić information content (AvgIpc) is 3.22. The Balaban J connectivity index is 1.50. The lowest BCUT2D eigenvalue weighted by Crippen LogP contribution is -2.40. The summed E-state index contributed by atoms with van der Waals surface area (Å²) >= 11 is 18.1. The van der Waals surface area contributed by atoms with E-state index in [0.717, 1.165) is 24.0 Å². The highest BCUT2D eigenvalue weighted by atomic mass is 35.5. The Hall–Kier alpha value is -2.59. The molecule has 0 saturated carbocycles. The van der Waals surface area contributed by atoms with Gasteiger partial charge in [0.25, 0.3) is 10.0 Å². The SMILES string of the molecule is O=C(NC/C(F)=C1\CCCc2cnn(Cc3ccc(Cl)cc3Cl)c21)NS(=O)(=O)c1cccc(Cl)c1. The van der Waals surface area contributed by atoms with E-state index < -0.39 is 28.4 Å². The van der Waals surface area contributed by atoms with Gasteiger partial charge < -0.3 is 5.32 Å². The Kier molecular flexibility index (Phi) is 7.70. The zero-order valence-electron chi connectivity index (χ0n) is 18.2. The lowest BCUT2D eigenvalue weighted by Gasteiger charge is -2.19. The van der Waals surface area contributed by atoms with Crippen LogP contribution in [0.4, 0.5) is 9.18 Å². The summed E-state index contributed by atoms with van der Waals surface area (Å²) in [5.41, 5.74) is 2.70. The van der Waals surface area contributed by atoms with E-state index >= 15 is 4.39 Å². The Morgan fingerprint density at radius 3 is 2.60 bits per heavy atom. The predicted octanol–water partition coefficient (Wildman–Crippen LogP) is 5.60. The van der Waals surface area contributed by atoms with Crippen molar-refractivity contribution in [1.82, 2.24) is 19.8 Å². The second kappa shape index (κ2) is 10.6. The van der Waals surface area contributed by atoms with Crippen molar-refractivity contribution in [2.45, 2.75) is 30.7 Å². The monoisotopic (exact) mass is 556 g/mol. The van der Waals surface area contributed by atoms with Crippen molar-refractivity contribution in [2.24, 2.45) is 0 Å². The summed E-state index contributed by atoms with van der Waals surface area (Å²) in [6, 6.07) is 9.53. The largest absolute Gasteiger partial charge is 0.331 e. The minimum Gasteiger partial charge on any atom is -0.331 e. The molecule has 2 amide bonds. The van der Waals surface area contributed by atoms with Crippen LogP contribution in [0, 0.1) is 0 Å². The number of amides is 2. The van der Waals surface area contributed by atoms with E-state index in [-0.39, 0.29) is 9.92 Å². The van der Waals surface area contributed by atoms with Gasteiger partial charge in [-0.3, -0.25) is 4.68 Å². The van der Waals surface area contributed by atoms with Crippen molar-refractivity contribution in [3.05, 3.63) is 86.4 Å². The molecule has 0 unspecified atom stereocenters. The average molecular weight is 558 g/mol. The van der Waals surface area contributed by atoms with E-state index in [2.05, 4.69) is 10.4 Å². The van der Waals surface area contributed by atoms with Crippen LogP contribution in [0.25, 0.3) is 5.57 Å². The highest BCUT2D eigenvalue weighted by molar-refractivity contribution is 7.90. The number of rotatable bonds is 6. The van der Waals surface area contributed by atoms with E-state index in [9.17, 15) is 13.2 Å². The molecule has 0 atom stereocenters. The third-order valence-corrected chi connectivity index (χ3v) is 7.62. The minimum absolute atomic E-state index is 0.180. The number of aromatic nitrogens is 2. The summed E-state index contributed by atoms with van der Waals surface area (Å²) in [4.78, 5) is 12.0. The summed E-state index contributed by atoms with van der Waals surface area (Å²) in [7, 11) is -4.16. The first-order chi connectivity index (χ1) is 16.6. The third kappa shape index (κ3) is 5.98. The number of hydrogen-bond acceptors (Lipinski definition) is 4. The lowest BCUT2D eigenvalue weighted by atomic mass is 9.92. The van der Waals surface area contributed by atoms with Gasteiger partial charge in [0.2, 0.25) is 0 Å². The van der Waals surface area contributed by atoms with E-state index in [1.54, 1.807) is 29.1 Å². The number of carbonyl (C=O) groups excluding carboxylic acids is 1. The second-order valence-corrected chi connectivity index (χ2v) is 10.9. The lowest BCUT2D eigenvalue weighted by molar-refractivity contribution is 0.246. The maximum absolute atomic E-state index is 15.3. The van der Waals surface area contributed by atoms with Gasteiger partial charge in [0.1, 0.15) is 5.83 Å². The first-order valence-corrected chi connectivity index (χ1v) is 13.2. The van der Waals surface area contributed by atoms with Gasteiger partial charge in [0.05, 0.1) is 29.9 Å². The Morgan fingerprint density at radius 1 is 1.09 bits per heavy atom. The minimum atomic E-state index is -4.16. The third-order valence-electron chi connectivity index (χ3n) is 5.47. The molecule has 0 radical (unpaired) electrons. The van der Waals surface area contributed by atoms with Crippen molar-refractivity contribution in [3.63, 3.8) is 0 Å². The van der Waals surface area contributed by atoms with E-state index in [4.69, 9.17) is 34.8 Å².